The average Bonchev–Trinajstić information content (AvgIpc) is 2.77. The molecule has 1 heterocycles. The molecule has 3 amide bonds. The molecule has 0 spiro atoms. The number of hydrogen-bond donors (Lipinski definition) is 3. The fraction of sp³-hybridized carbons (Fsp3) is 0.143. The lowest BCUT2D eigenvalue weighted by Crippen LogP contribution is -2.41. The van der Waals surface area contributed by atoms with Crippen molar-refractivity contribution in [2.24, 2.45) is 0 Å². The smallest absolute Gasteiger partial charge is 0.322 e. The van der Waals surface area contributed by atoms with E-state index in [2.05, 4.69) is 37.2 Å². The van der Waals surface area contributed by atoms with Crippen LogP contribution in [-0.4, -0.2) is 51.2 Å². The van der Waals surface area contributed by atoms with E-state index in [1.807, 2.05) is 0 Å². The lowest BCUT2D eigenvalue weighted by molar-refractivity contribution is -0.138. The number of nitrogens with one attached hydrogen (secondary N) is 1. The molecule has 1 aromatic carbocycles. The van der Waals surface area contributed by atoms with E-state index < -0.39 is 36.1 Å². The SMILES string of the molecule is O=C(O)CNC(=O)CN1C(=O)S/C(=C\c2cc(Br)cc(Br)c2O)C1=O. The van der Waals surface area contributed by atoms with Crippen LogP contribution in [0.25, 0.3) is 6.08 Å². The molecule has 25 heavy (non-hydrogen) atoms. The first-order valence-corrected chi connectivity index (χ1v) is 9.01. The minimum atomic E-state index is -1.24. The molecule has 132 valence electrons. The van der Waals surface area contributed by atoms with E-state index in [1.165, 1.54) is 6.08 Å². The zero-order valence-corrected chi connectivity index (χ0v) is 16.3. The highest BCUT2D eigenvalue weighted by Gasteiger charge is 2.36. The highest BCUT2D eigenvalue weighted by molar-refractivity contribution is 9.11. The highest BCUT2D eigenvalue weighted by atomic mass is 79.9. The molecule has 8 nitrogen and oxygen atoms in total. The Morgan fingerprint density at radius 1 is 1.28 bits per heavy atom. The number of nitrogens with zero attached hydrogens (tertiary/aromatic N) is 1. The minimum absolute atomic E-state index is 0.0383. The number of aromatic hydroxyl groups is 1. The molecule has 0 radical (unpaired) electrons. The number of phenolic OH excluding ortho intramolecular Hbond substituents is 1. The number of aliphatic carboxylic acids is 1. The zero-order valence-electron chi connectivity index (χ0n) is 12.3. The standard InChI is InChI=1S/C14H10Br2N2O6S/c15-7-1-6(12(22)8(16)3-7)2-9-13(23)18(14(24)25-9)5-10(19)17-4-11(20)21/h1-3,22H,4-5H2,(H,17,19)(H,20,21)/b9-2-. The van der Waals surface area contributed by atoms with Crippen molar-refractivity contribution in [3.8, 4) is 5.75 Å². The molecule has 0 aliphatic carbocycles. The van der Waals surface area contributed by atoms with E-state index in [0.717, 1.165) is 0 Å². The maximum atomic E-state index is 12.3. The predicted molar refractivity (Wildman–Crippen MR) is 96.8 cm³/mol. The fourth-order valence-electron chi connectivity index (χ4n) is 1.85. The first-order valence-electron chi connectivity index (χ1n) is 6.61. The molecule has 0 unspecified atom stereocenters. The predicted octanol–water partition coefficient (Wildman–Crippen LogP) is 2.15. The van der Waals surface area contributed by atoms with Crippen LogP contribution < -0.4 is 5.32 Å². The number of benzene rings is 1. The summed E-state index contributed by atoms with van der Waals surface area (Å²) >= 11 is 7.05. The summed E-state index contributed by atoms with van der Waals surface area (Å²) in [6.07, 6.45) is 1.34. The van der Waals surface area contributed by atoms with E-state index in [0.29, 0.717) is 31.2 Å². The normalized spacial score (nSPS) is 15.8. The van der Waals surface area contributed by atoms with E-state index in [1.54, 1.807) is 12.1 Å². The number of imide groups is 1. The Bertz CT molecular complexity index is 811. The Hall–Kier alpha value is -1.85. The Kier molecular flexibility index (Phi) is 6.25. The Morgan fingerprint density at radius 2 is 1.96 bits per heavy atom. The third-order valence-corrected chi connectivity index (χ3v) is 4.93. The number of hydrogen-bond acceptors (Lipinski definition) is 6. The molecule has 0 saturated carbocycles. The number of carbonyl (C=O) groups is 4. The summed E-state index contributed by atoms with van der Waals surface area (Å²) in [7, 11) is 0. The molecule has 11 heteroatoms. The number of amides is 3. The van der Waals surface area contributed by atoms with Crippen molar-refractivity contribution < 1.29 is 29.4 Å². The summed E-state index contributed by atoms with van der Waals surface area (Å²) in [6, 6.07) is 3.18. The van der Waals surface area contributed by atoms with Crippen molar-refractivity contribution >= 4 is 72.7 Å². The first-order chi connectivity index (χ1) is 11.7. The first kappa shape index (κ1) is 19.5. The van der Waals surface area contributed by atoms with Gasteiger partial charge in [0, 0.05) is 10.0 Å². The lowest BCUT2D eigenvalue weighted by Gasteiger charge is -2.11. The van der Waals surface area contributed by atoms with Crippen LogP contribution in [0.4, 0.5) is 4.79 Å². The monoisotopic (exact) mass is 492 g/mol. The number of carbonyl (C=O) groups excluding carboxylic acids is 3. The van der Waals surface area contributed by atoms with Crippen molar-refractivity contribution in [3.63, 3.8) is 0 Å². The quantitative estimate of drug-likeness (QED) is 0.537. The van der Waals surface area contributed by atoms with Gasteiger partial charge in [-0.15, -0.1) is 0 Å². The molecule has 1 aliphatic rings. The van der Waals surface area contributed by atoms with Crippen molar-refractivity contribution in [1.29, 1.82) is 0 Å². The van der Waals surface area contributed by atoms with Crippen LogP contribution in [0.2, 0.25) is 0 Å². The van der Waals surface area contributed by atoms with E-state index in [9.17, 15) is 24.3 Å². The summed E-state index contributed by atoms with van der Waals surface area (Å²) in [5.74, 6) is -2.80. The summed E-state index contributed by atoms with van der Waals surface area (Å²) in [6.45, 7) is -1.19. The largest absolute Gasteiger partial charge is 0.506 e. The number of carboxylic acid groups (broad SMARTS) is 1. The van der Waals surface area contributed by atoms with Crippen LogP contribution in [0.1, 0.15) is 5.56 Å². The molecule has 3 N–H and O–H groups in total. The van der Waals surface area contributed by atoms with Gasteiger partial charge >= 0.3 is 5.97 Å². The number of halogens is 2. The Balaban J connectivity index is 2.18. The van der Waals surface area contributed by atoms with E-state index in [4.69, 9.17) is 5.11 Å². The Labute approximate surface area is 162 Å². The van der Waals surface area contributed by atoms with Gasteiger partial charge in [-0.05, 0) is 45.9 Å². The van der Waals surface area contributed by atoms with Crippen LogP contribution in [0.15, 0.2) is 26.0 Å². The van der Waals surface area contributed by atoms with Gasteiger partial charge in [-0.25, -0.2) is 0 Å². The van der Waals surface area contributed by atoms with Crippen LogP contribution in [0.5, 0.6) is 5.75 Å². The van der Waals surface area contributed by atoms with Gasteiger partial charge in [-0.2, -0.15) is 0 Å². The van der Waals surface area contributed by atoms with E-state index in [-0.39, 0.29) is 10.7 Å². The number of carboxylic acids is 1. The molecule has 2 rings (SSSR count). The van der Waals surface area contributed by atoms with E-state index >= 15 is 0 Å². The Morgan fingerprint density at radius 3 is 2.60 bits per heavy atom. The number of thioether (sulfide) groups is 1. The maximum absolute atomic E-state index is 12.3. The summed E-state index contributed by atoms with van der Waals surface area (Å²) in [5, 5.41) is 19.9. The lowest BCUT2D eigenvalue weighted by atomic mass is 10.2. The molecule has 1 saturated heterocycles. The van der Waals surface area contributed by atoms with Gasteiger partial charge < -0.3 is 15.5 Å². The van der Waals surface area contributed by atoms with Crippen molar-refractivity contribution in [1.82, 2.24) is 10.2 Å². The van der Waals surface area contributed by atoms with Gasteiger partial charge in [0.2, 0.25) is 5.91 Å². The highest BCUT2D eigenvalue weighted by Crippen LogP contribution is 2.37. The van der Waals surface area contributed by atoms with Gasteiger partial charge in [0.25, 0.3) is 11.1 Å². The maximum Gasteiger partial charge on any atom is 0.322 e. The summed E-state index contributed by atoms with van der Waals surface area (Å²) < 4.78 is 1.05. The summed E-state index contributed by atoms with van der Waals surface area (Å²) in [5.41, 5.74) is 0.307. The molecule has 1 fully saturated rings. The third kappa shape index (κ3) is 4.83. The summed E-state index contributed by atoms with van der Waals surface area (Å²) in [4.78, 5) is 47.0. The number of rotatable bonds is 5. The molecular formula is C14H10Br2N2O6S. The van der Waals surface area contributed by atoms with Crippen molar-refractivity contribution in [2.45, 2.75) is 0 Å². The van der Waals surface area contributed by atoms with Gasteiger partial charge in [-0.3, -0.25) is 24.1 Å². The average molecular weight is 494 g/mol. The second kappa shape index (κ2) is 8.02. The van der Waals surface area contributed by atoms with Gasteiger partial charge in [0.1, 0.15) is 18.8 Å². The molecule has 0 aromatic heterocycles. The molecular weight excluding hydrogens is 484 g/mol. The van der Waals surface area contributed by atoms with Crippen LogP contribution >= 0.6 is 43.6 Å². The van der Waals surface area contributed by atoms with Crippen molar-refractivity contribution in [3.05, 3.63) is 31.5 Å². The van der Waals surface area contributed by atoms with Crippen molar-refractivity contribution in [2.75, 3.05) is 13.1 Å². The molecule has 1 aliphatic heterocycles. The van der Waals surface area contributed by atoms with Crippen LogP contribution in [0.3, 0.4) is 0 Å². The third-order valence-electron chi connectivity index (χ3n) is 2.96. The fourth-order valence-corrected chi connectivity index (χ4v) is 3.93. The van der Waals surface area contributed by atoms with Gasteiger partial charge in [0.15, 0.2) is 0 Å². The second-order valence-electron chi connectivity index (χ2n) is 4.76. The topological polar surface area (TPSA) is 124 Å². The minimum Gasteiger partial charge on any atom is -0.506 e. The second-order valence-corrected chi connectivity index (χ2v) is 7.53. The van der Waals surface area contributed by atoms with Crippen LogP contribution in [0, 0.1) is 0 Å². The number of phenols is 1. The molecule has 1 aromatic rings. The molecule has 0 atom stereocenters. The van der Waals surface area contributed by atoms with Crippen LogP contribution in [-0.2, 0) is 14.4 Å². The van der Waals surface area contributed by atoms with Gasteiger partial charge in [-0.1, -0.05) is 15.9 Å². The molecule has 0 bridgehead atoms. The van der Waals surface area contributed by atoms with Gasteiger partial charge in [0.05, 0.1) is 9.38 Å². The zero-order chi connectivity index (χ0) is 18.7.